The lowest BCUT2D eigenvalue weighted by Crippen LogP contribution is -2.35. The molecule has 5 rings (SSSR count). The van der Waals surface area contributed by atoms with Gasteiger partial charge < -0.3 is 4.74 Å². The lowest BCUT2D eigenvalue weighted by Gasteiger charge is -2.32. The minimum absolute atomic E-state index is 0.0126. The second kappa shape index (κ2) is 8.49. The molecule has 0 aliphatic heterocycles. The highest BCUT2D eigenvalue weighted by Gasteiger charge is 2.35. The topological polar surface area (TPSA) is 74.1 Å². The van der Waals surface area contributed by atoms with E-state index in [1.54, 1.807) is 48.3 Å². The highest BCUT2D eigenvalue weighted by molar-refractivity contribution is 7.13. The fraction of sp³-hybridized carbons (Fsp3) is 0.231. The molecule has 0 saturated heterocycles. The van der Waals surface area contributed by atoms with Crippen LogP contribution in [0, 0.1) is 5.41 Å². The van der Waals surface area contributed by atoms with Crippen LogP contribution in [0.3, 0.4) is 0 Å². The molecular formula is C26H22ClN3O3S. The van der Waals surface area contributed by atoms with E-state index in [-0.39, 0.29) is 16.8 Å². The summed E-state index contributed by atoms with van der Waals surface area (Å²) in [6.45, 7) is 4.08. The molecule has 3 aromatic heterocycles. The van der Waals surface area contributed by atoms with Gasteiger partial charge in [0.1, 0.15) is 16.4 Å². The molecule has 1 aromatic carbocycles. The summed E-state index contributed by atoms with van der Waals surface area (Å²) >= 11 is 7.38. The van der Waals surface area contributed by atoms with E-state index in [1.165, 1.54) is 11.3 Å². The van der Waals surface area contributed by atoms with Gasteiger partial charge in [-0.3, -0.25) is 19.1 Å². The van der Waals surface area contributed by atoms with Crippen molar-refractivity contribution in [3.8, 4) is 33.3 Å². The number of thiazole rings is 1. The van der Waals surface area contributed by atoms with Crippen LogP contribution in [0.2, 0.25) is 5.02 Å². The first-order valence-corrected chi connectivity index (χ1v) is 12.1. The van der Waals surface area contributed by atoms with Crippen LogP contribution in [0.25, 0.3) is 27.5 Å². The number of ketones is 1. The molecule has 0 radical (unpaired) electrons. The van der Waals surface area contributed by atoms with Crippen molar-refractivity contribution in [2.24, 2.45) is 5.41 Å². The van der Waals surface area contributed by atoms with E-state index >= 15 is 0 Å². The second-order valence-corrected chi connectivity index (χ2v) is 10.4. The minimum Gasteiger partial charge on any atom is -0.494 e. The van der Waals surface area contributed by atoms with Gasteiger partial charge in [0.2, 0.25) is 0 Å². The zero-order valence-corrected chi connectivity index (χ0v) is 20.5. The van der Waals surface area contributed by atoms with Gasteiger partial charge in [-0.2, -0.15) is 0 Å². The summed E-state index contributed by atoms with van der Waals surface area (Å²) in [7, 11) is 1.55. The zero-order valence-electron chi connectivity index (χ0n) is 19.0. The summed E-state index contributed by atoms with van der Waals surface area (Å²) < 4.78 is 7.12. The summed E-state index contributed by atoms with van der Waals surface area (Å²) in [5, 5.41) is 3.09. The number of carbonyl (C=O) groups is 1. The quantitative estimate of drug-likeness (QED) is 0.358. The number of aromatic nitrogens is 3. The molecule has 1 aliphatic carbocycles. The van der Waals surface area contributed by atoms with E-state index in [4.69, 9.17) is 21.3 Å². The van der Waals surface area contributed by atoms with Gasteiger partial charge in [-0.25, -0.2) is 4.98 Å². The van der Waals surface area contributed by atoms with Crippen LogP contribution in [0.4, 0.5) is 0 Å². The van der Waals surface area contributed by atoms with Crippen LogP contribution in [0.5, 0.6) is 5.75 Å². The number of ether oxygens (including phenoxy) is 1. The van der Waals surface area contributed by atoms with Gasteiger partial charge in [-0.15, -0.1) is 11.3 Å². The first-order valence-electron chi connectivity index (χ1n) is 10.8. The summed E-state index contributed by atoms with van der Waals surface area (Å²) in [6.07, 6.45) is 4.20. The summed E-state index contributed by atoms with van der Waals surface area (Å²) in [5.74, 6) is 0.520. The number of carbonyl (C=O) groups excluding carboxylic acids is 1. The van der Waals surface area contributed by atoms with Gasteiger partial charge in [0.25, 0.3) is 5.56 Å². The molecule has 172 valence electrons. The Morgan fingerprint density at radius 3 is 2.59 bits per heavy atom. The van der Waals surface area contributed by atoms with Gasteiger partial charge in [0, 0.05) is 45.9 Å². The Morgan fingerprint density at radius 1 is 1.09 bits per heavy atom. The Labute approximate surface area is 205 Å². The van der Waals surface area contributed by atoms with Crippen LogP contribution in [-0.4, -0.2) is 27.4 Å². The smallest absolute Gasteiger partial charge is 0.265 e. The maximum Gasteiger partial charge on any atom is 0.265 e. The summed E-state index contributed by atoms with van der Waals surface area (Å²) in [6, 6.07) is 10.8. The van der Waals surface area contributed by atoms with E-state index in [9.17, 15) is 9.59 Å². The number of rotatable bonds is 4. The van der Waals surface area contributed by atoms with Crippen LogP contribution >= 0.6 is 22.9 Å². The number of benzene rings is 1. The number of halogens is 1. The third-order valence-corrected chi connectivity index (χ3v) is 7.11. The van der Waals surface area contributed by atoms with Crippen molar-refractivity contribution >= 4 is 28.7 Å². The minimum atomic E-state index is -0.266. The Morgan fingerprint density at radius 2 is 1.85 bits per heavy atom. The molecule has 6 nitrogen and oxygen atoms in total. The molecule has 0 N–H and O–H groups in total. The maximum atomic E-state index is 13.9. The van der Waals surface area contributed by atoms with Crippen molar-refractivity contribution in [1.29, 1.82) is 0 Å². The molecule has 1 aliphatic rings. The fourth-order valence-electron chi connectivity index (χ4n) is 4.39. The summed E-state index contributed by atoms with van der Waals surface area (Å²) in [5.41, 5.74) is 3.23. The molecule has 0 amide bonds. The molecule has 0 saturated carbocycles. The Balaban J connectivity index is 1.75. The number of pyridine rings is 2. The number of nitrogens with zero attached hydrogens (tertiary/aromatic N) is 3. The molecule has 0 unspecified atom stereocenters. The maximum absolute atomic E-state index is 13.9. The van der Waals surface area contributed by atoms with Crippen molar-refractivity contribution in [1.82, 2.24) is 14.5 Å². The molecule has 0 fully saturated rings. The molecule has 34 heavy (non-hydrogen) atoms. The van der Waals surface area contributed by atoms with E-state index < -0.39 is 0 Å². The number of hydrogen-bond donors (Lipinski definition) is 0. The third-order valence-electron chi connectivity index (χ3n) is 5.99. The second-order valence-electron chi connectivity index (χ2n) is 9.09. The Kier molecular flexibility index (Phi) is 5.62. The molecule has 0 atom stereocenters. The Bertz CT molecular complexity index is 1470. The average molecular weight is 492 g/mol. The Hall–Kier alpha value is -3.29. The normalized spacial score (nSPS) is 14.6. The molecule has 0 spiro atoms. The largest absolute Gasteiger partial charge is 0.494 e. The summed E-state index contributed by atoms with van der Waals surface area (Å²) in [4.78, 5) is 36.1. The van der Waals surface area contributed by atoms with Gasteiger partial charge in [-0.1, -0.05) is 37.6 Å². The highest BCUT2D eigenvalue weighted by atomic mass is 35.5. The SMILES string of the molecule is COc1ccncc1-n1c2c(cc(-c3nc(-c4ccc(Cl)cc4)cs3)c1=O)C(=O)CC(C)(C)C2. The van der Waals surface area contributed by atoms with E-state index in [0.29, 0.717) is 51.1 Å². The van der Waals surface area contributed by atoms with E-state index in [1.807, 2.05) is 31.4 Å². The average Bonchev–Trinajstić information content (AvgIpc) is 3.28. The number of Topliss-reactive ketones (excluding diaryl/α,β-unsaturated/α-hetero) is 1. The van der Waals surface area contributed by atoms with E-state index in [2.05, 4.69) is 4.98 Å². The van der Waals surface area contributed by atoms with Crippen LogP contribution in [-0.2, 0) is 6.42 Å². The van der Waals surface area contributed by atoms with Crippen LogP contribution < -0.4 is 10.3 Å². The molecular weight excluding hydrogens is 470 g/mol. The van der Waals surface area contributed by atoms with Crippen molar-refractivity contribution < 1.29 is 9.53 Å². The first kappa shape index (κ1) is 22.5. The lowest BCUT2D eigenvalue weighted by atomic mass is 9.75. The molecule has 0 bridgehead atoms. The molecule has 3 heterocycles. The standard InChI is InChI=1S/C26H22ClN3O3S/c1-26(2)11-20-17(22(31)12-26)10-18(25(32)30(20)21-13-28-9-8-23(21)33-3)24-29-19(14-34-24)15-4-6-16(27)7-5-15/h4-10,13-14H,11-12H2,1-3H3. The van der Waals surface area contributed by atoms with Crippen molar-refractivity contribution in [2.45, 2.75) is 26.7 Å². The van der Waals surface area contributed by atoms with Crippen LogP contribution in [0.1, 0.15) is 36.3 Å². The van der Waals surface area contributed by atoms with Crippen molar-refractivity contribution in [3.63, 3.8) is 0 Å². The molecule has 8 heteroatoms. The predicted molar refractivity (Wildman–Crippen MR) is 134 cm³/mol. The fourth-order valence-corrected chi connectivity index (χ4v) is 5.35. The number of fused-ring (bicyclic) bond motifs is 1. The lowest BCUT2D eigenvalue weighted by molar-refractivity contribution is 0.0909. The van der Waals surface area contributed by atoms with E-state index in [0.717, 1.165) is 11.3 Å². The van der Waals surface area contributed by atoms with Gasteiger partial charge in [-0.05, 0) is 30.0 Å². The van der Waals surface area contributed by atoms with Crippen molar-refractivity contribution in [3.05, 3.63) is 80.8 Å². The zero-order chi connectivity index (χ0) is 24.0. The van der Waals surface area contributed by atoms with Gasteiger partial charge >= 0.3 is 0 Å². The third kappa shape index (κ3) is 3.95. The molecule has 4 aromatic rings. The highest BCUT2D eigenvalue weighted by Crippen LogP contribution is 2.38. The predicted octanol–water partition coefficient (Wildman–Crippen LogP) is 5.84. The first-order chi connectivity index (χ1) is 16.3. The number of methoxy groups -OCH3 is 1. The van der Waals surface area contributed by atoms with Gasteiger partial charge in [0.05, 0.1) is 24.6 Å². The van der Waals surface area contributed by atoms with Gasteiger partial charge in [0.15, 0.2) is 5.78 Å². The van der Waals surface area contributed by atoms with Crippen LogP contribution in [0.15, 0.2) is 59.0 Å². The number of hydrogen-bond acceptors (Lipinski definition) is 6. The van der Waals surface area contributed by atoms with Crippen molar-refractivity contribution in [2.75, 3.05) is 7.11 Å². The monoisotopic (exact) mass is 491 g/mol.